The highest BCUT2D eigenvalue weighted by molar-refractivity contribution is 9.10. The SMILES string of the molecule is COc1cc(COc2c(CC(=O)O)cc(Br)cc2OC)ccc1OCc1ccccc1. The lowest BCUT2D eigenvalue weighted by atomic mass is 10.1. The maximum Gasteiger partial charge on any atom is 0.307 e. The Kier molecular flexibility index (Phi) is 7.78. The lowest BCUT2D eigenvalue weighted by molar-refractivity contribution is -0.136. The fourth-order valence-electron chi connectivity index (χ4n) is 3.04. The molecule has 0 saturated heterocycles. The summed E-state index contributed by atoms with van der Waals surface area (Å²) in [5, 5.41) is 9.22. The van der Waals surface area contributed by atoms with Gasteiger partial charge in [0, 0.05) is 10.0 Å². The predicted molar refractivity (Wildman–Crippen MR) is 120 cm³/mol. The fraction of sp³-hybridized carbons (Fsp3) is 0.208. The number of aliphatic carboxylic acids is 1. The summed E-state index contributed by atoms with van der Waals surface area (Å²) in [6.45, 7) is 0.640. The first-order valence-corrected chi connectivity index (χ1v) is 10.3. The Hall–Kier alpha value is -3.19. The zero-order valence-corrected chi connectivity index (χ0v) is 18.8. The Morgan fingerprint density at radius 2 is 1.55 bits per heavy atom. The van der Waals surface area contributed by atoms with E-state index >= 15 is 0 Å². The number of carboxylic acids is 1. The third kappa shape index (κ3) is 6.15. The van der Waals surface area contributed by atoms with E-state index in [9.17, 15) is 9.90 Å². The Morgan fingerprint density at radius 3 is 2.23 bits per heavy atom. The monoisotopic (exact) mass is 486 g/mol. The van der Waals surface area contributed by atoms with Crippen LogP contribution in [0.5, 0.6) is 23.0 Å². The molecule has 0 aromatic heterocycles. The molecule has 0 fully saturated rings. The molecule has 0 aliphatic heterocycles. The Labute approximate surface area is 189 Å². The van der Waals surface area contributed by atoms with Crippen molar-refractivity contribution < 1.29 is 28.8 Å². The van der Waals surface area contributed by atoms with E-state index in [1.54, 1.807) is 19.2 Å². The summed E-state index contributed by atoms with van der Waals surface area (Å²) in [4.78, 5) is 11.2. The number of hydrogen-bond donors (Lipinski definition) is 1. The van der Waals surface area contributed by atoms with E-state index in [-0.39, 0.29) is 13.0 Å². The molecular weight excluding hydrogens is 464 g/mol. The fourth-order valence-corrected chi connectivity index (χ4v) is 3.53. The molecule has 0 heterocycles. The van der Waals surface area contributed by atoms with Crippen molar-refractivity contribution in [3.8, 4) is 23.0 Å². The Balaban J connectivity index is 1.75. The van der Waals surface area contributed by atoms with Crippen molar-refractivity contribution in [3.63, 3.8) is 0 Å². The normalized spacial score (nSPS) is 10.4. The van der Waals surface area contributed by atoms with Crippen LogP contribution in [0.2, 0.25) is 0 Å². The number of ether oxygens (including phenoxy) is 4. The minimum absolute atomic E-state index is 0.180. The van der Waals surface area contributed by atoms with Crippen molar-refractivity contribution in [2.45, 2.75) is 19.6 Å². The molecule has 7 heteroatoms. The molecule has 3 aromatic rings. The van der Waals surface area contributed by atoms with Gasteiger partial charge in [0.2, 0.25) is 0 Å². The topological polar surface area (TPSA) is 74.2 Å². The molecule has 3 aromatic carbocycles. The number of halogens is 1. The van der Waals surface area contributed by atoms with Crippen molar-refractivity contribution in [2.24, 2.45) is 0 Å². The van der Waals surface area contributed by atoms with E-state index in [2.05, 4.69) is 15.9 Å². The quantitative estimate of drug-likeness (QED) is 0.421. The first kappa shape index (κ1) is 22.5. The number of methoxy groups -OCH3 is 2. The molecule has 0 unspecified atom stereocenters. The molecular formula is C24H23BrO6. The minimum atomic E-state index is -0.952. The molecule has 3 rings (SSSR count). The molecule has 0 radical (unpaired) electrons. The maximum atomic E-state index is 11.2. The molecule has 31 heavy (non-hydrogen) atoms. The van der Waals surface area contributed by atoms with Gasteiger partial charge in [-0.15, -0.1) is 0 Å². The van der Waals surface area contributed by atoms with Gasteiger partial charge in [-0.1, -0.05) is 52.3 Å². The second-order valence-electron chi connectivity index (χ2n) is 6.71. The largest absolute Gasteiger partial charge is 0.493 e. The van der Waals surface area contributed by atoms with E-state index < -0.39 is 5.97 Å². The van der Waals surface area contributed by atoms with Gasteiger partial charge >= 0.3 is 5.97 Å². The second kappa shape index (κ2) is 10.7. The summed E-state index contributed by atoms with van der Waals surface area (Å²) in [7, 11) is 3.10. The number of hydrogen-bond acceptors (Lipinski definition) is 5. The van der Waals surface area contributed by atoms with Crippen LogP contribution < -0.4 is 18.9 Å². The van der Waals surface area contributed by atoms with E-state index in [0.29, 0.717) is 35.2 Å². The van der Waals surface area contributed by atoms with E-state index in [4.69, 9.17) is 18.9 Å². The third-order valence-corrected chi connectivity index (χ3v) is 4.96. The van der Waals surface area contributed by atoms with Gasteiger partial charge in [-0.05, 0) is 35.4 Å². The highest BCUT2D eigenvalue weighted by Crippen LogP contribution is 2.36. The van der Waals surface area contributed by atoms with Crippen LogP contribution in [0.25, 0.3) is 0 Å². The molecule has 0 spiro atoms. The molecule has 0 bridgehead atoms. The van der Waals surface area contributed by atoms with Gasteiger partial charge in [-0.2, -0.15) is 0 Å². The van der Waals surface area contributed by atoms with Crippen LogP contribution in [0.3, 0.4) is 0 Å². The van der Waals surface area contributed by atoms with Crippen LogP contribution in [-0.4, -0.2) is 25.3 Å². The maximum absolute atomic E-state index is 11.2. The molecule has 0 atom stereocenters. The Morgan fingerprint density at radius 1 is 0.839 bits per heavy atom. The molecule has 6 nitrogen and oxygen atoms in total. The van der Waals surface area contributed by atoms with Gasteiger partial charge in [0.15, 0.2) is 23.0 Å². The number of carboxylic acid groups (broad SMARTS) is 1. The van der Waals surface area contributed by atoms with E-state index in [1.165, 1.54) is 7.11 Å². The number of rotatable bonds is 10. The molecule has 162 valence electrons. The lowest BCUT2D eigenvalue weighted by Gasteiger charge is -2.16. The standard InChI is InChI=1S/C24H23BrO6/c1-28-21-10-17(8-9-20(21)30-14-16-6-4-3-5-7-16)15-31-24-18(12-23(26)27)11-19(25)13-22(24)29-2/h3-11,13H,12,14-15H2,1-2H3,(H,26,27). The van der Waals surface area contributed by atoms with Crippen molar-refractivity contribution in [1.82, 2.24) is 0 Å². The van der Waals surface area contributed by atoms with Crippen LogP contribution in [0.4, 0.5) is 0 Å². The van der Waals surface area contributed by atoms with E-state index in [0.717, 1.165) is 15.6 Å². The van der Waals surface area contributed by atoms with Gasteiger partial charge in [-0.3, -0.25) is 4.79 Å². The van der Waals surface area contributed by atoms with Crippen LogP contribution in [-0.2, 0) is 24.4 Å². The number of benzene rings is 3. The van der Waals surface area contributed by atoms with Gasteiger partial charge < -0.3 is 24.1 Å². The van der Waals surface area contributed by atoms with Gasteiger partial charge in [0.1, 0.15) is 13.2 Å². The van der Waals surface area contributed by atoms with Gasteiger partial charge in [-0.25, -0.2) is 0 Å². The average Bonchev–Trinajstić information content (AvgIpc) is 2.77. The predicted octanol–water partition coefficient (Wildman–Crippen LogP) is 5.25. The van der Waals surface area contributed by atoms with Crippen LogP contribution in [0.15, 0.2) is 65.1 Å². The van der Waals surface area contributed by atoms with Crippen molar-refractivity contribution in [1.29, 1.82) is 0 Å². The Bertz CT molecular complexity index is 1040. The highest BCUT2D eigenvalue weighted by Gasteiger charge is 2.16. The molecule has 1 N–H and O–H groups in total. The summed E-state index contributed by atoms with van der Waals surface area (Å²) in [6, 6.07) is 18.9. The van der Waals surface area contributed by atoms with Crippen molar-refractivity contribution in [2.75, 3.05) is 14.2 Å². The van der Waals surface area contributed by atoms with Crippen molar-refractivity contribution in [3.05, 3.63) is 81.8 Å². The summed E-state index contributed by atoms with van der Waals surface area (Å²) in [6.07, 6.45) is -0.180. The zero-order chi connectivity index (χ0) is 22.2. The van der Waals surface area contributed by atoms with E-state index in [1.807, 2.05) is 48.5 Å². The minimum Gasteiger partial charge on any atom is -0.493 e. The molecule has 0 saturated carbocycles. The summed E-state index contributed by atoms with van der Waals surface area (Å²) >= 11 is 3.37. The average molecular weight is 487 g/mol. The summed E-state index contributed by atoms with van der Waals surface area (Å²) < 4.78 is 23.4. The first-order chi connectivity index (χ1) is 15.0. The summed E-state index contributed by atoms with van der Waals surface area (Å²) in [5.41, 5.74) is 2.42. The molecule has 0 aliphatic rings. The molecule has 0 amide bonds. The molecule has 0 aliphatic carbocycles. The van der Waals surface area contributed by atoms with Crippen molar-refractivity contribution >= 4 is 21.9 Å². The first-order valence-electron chi connectivity index (χ1n) is 9.54. The number of carbonyl (C=O) groups is 1. The van der Waals surface area contributed by atoms with Crippen LogP contribution in [0.1, 0.15) is 16.7 Å². The zero-order valence-electron chi connectivity index (χ0n) is 17.3. The van der Waals surface area contributed by atoms with Gasteiger partial charge in [0.25, 0.3) is 0 Å². The van der Waals surface area contributed by atoms with Gasteiger partial charge in [0.05, 0.1) is 20.6 Å². The third-order valence-electron chi connectivity index (χ3n) is 4.51. The lowest BCUT2D eigenvalue weighted by Crippen LogP contribution is -2.06. The smallest absolute Gasteiger partial charge is 0.307 e. The van der Waals surface area contributed by atoms with Crippen LogP contribution >= 0.6 is 15.9 Å². The van der Waals surface area contributed by atoms with Crippen LogP contribution in [0, 0.1) is 0 Å². The highest BCUT2D eigenvalue weighted by atomic mass is 79.9. The second-order valence-corrected chi connectivity index (χ2v) is 7.63. The summed E-state index contributed by atoms with van der Waals surface area (Å²) in [5.74, 6) is 1.12.